The van der Waals surface area contributed by atoms with Crippen molar-refractivity contribution in [1.29, 1.82) is 0 Å². The summed E-state index contributed by atoms with van der Waals surface area (Å²) in [5.41, 5.74) is 11.9. The summed E-state index contributed by atoms with van der Waals surface area (Å²) in [6.45, 7) is 1.98. The van der Waals surface area contributed by atoms with Crippen molar-refractivity contribution in [2.24, 2.45) is 0 Å². The van der Waals surface area contributed by atoms with Gasteiger partial charge in [0.2, 0.25) is 0 Å². The summed E-state index contributed by atoms with van der Waals surface area (Å²) in [5, 5.41) is 4.55. The molecule has 2 aromatic carbocycles. The maximum Gasteiger partial charge on any atom is 0.166 e. The van der Waals surface area contributed by atoms with Crippen LogP contribution in [0.2, 0.25) is 0 Å². The first kappa shape index (κ1) is 13.5. The molecule has 0 saturated carbocycles. The average molecular weight is 300 g/mol. The number of anilines is 1. The maximum absolute atomic E-state index is 6.22. The van der Waals surface area contributed by atoms with Crippen molar-refractivity contribution in [3.8, 4) is 22.4 Å². The number of hydrogen-bond acceptors (Lipinski definition) is 3. The van der Waals surface area contributed by atoms with Gasteiger partial charge in [0.1, 0.15) is 5.82 Å². The van der Waals surface area contributed by atoms with Crippen LogP contribution in [0.15, 0.2) is 66.7 Å². The van der Waals surface area contributed by atoms with Gasteiger partial charge in [0.25, 0.3) is 0 Å². The van der Waals surface area contributed by atoms with E-state index in [4.69, 9.17) is 10.7 Å². The van der Waals surface area contributed by atoms with Gasteiger partial charge in [-0.15, -0.1) is 0 Å². The van der Waals surface area contributed by atoms with Crippen LogP contribution in [-0.4, -0.2) is 14.6 Å². The van der Waals surface area contributed by atoms with E-state index in [9.17, 15) is 0 Å². The monoisotopic (exact) mass is 300 g/mol. The molecule has 0 aliphatic carbocycles. The van der Waals surface area contributed by atoms with Crippen LogP contribution in [0.1, 0.15) is 5.69 Å². The third-order valence-electron chi connectivity index (χ3n) is 3.92. The molecule has 23 heavy (non-hydrogen) atoms. The summed E-state index contributed by atoms with van der Waals surface area (Å²) in [6, 6.07) is 22.1. The van der Waals surface area contributed by atoms with E-state index in [1.165, 1.54) is 0 Å². The minimum atomic E-state index is 0.583. The van der Waals surface area contributed by atoms with Crippen molar-refractivity contribution in [2.75, 3.05) is 5.73 Å². The number of aromatic nitrogens is 3. The lowest BCUT2D eigenvalue weighted by Gasteiger charge is -2.06. The molecule has 2 N–H and O–H groups in total. The molecule has 4 rings (SSSR count). The number of fused-ring (bicyclic) bond motifs is 1. The van der Waals surface area contributed by atoms with E-state index in [-0.39, 0.29) is 0 Å². The molecule has 2 aromatic heterocycles. The summed E-state index contributed by atoms with van der Waals surface area (Å²) in [4.78, 5) is 4.82. The van der Waals surface area contributed by atoms with Crippen molar-refractivity contribution in [3.05, 3.63) is 72.4 Å². The molecule has 0 atom stereocenters. The van der Waals surface area contributed by atoms with Crippen LogP contribution in [0.25, 0.3) is 28.0 Å². The zero-order valence-corrected chi connectivity index (χ0v) is 12.8. The number of aryl methyl sites for hydroxylation is 1. The molecule has 0 amide bonds. The molecule has 2 heterocycles. The van der Waals surface area contributed by atoms with E-state index in [0.29, 0.717) is 5.82 Å². The Morgan fingerprint density at radius 1 is 0.870 bits per heavy atom. The normalized spacial score (nSPS) is 11.0. The van der Waals surface area contributed by atoms with Gasteiger partial charge in [-0.3, -0.25) is 0 Å². The topological polar surface area (TPSA) is 56.2 Å². The van der Waals surface area contributed by atoms with Gasteiger partial charge in [-0.1, -0.05) is 60.7 Å². The fourth-order valence-corrected chi connectivity index (χ4v) is 2.85. The van der Waals surface area contributed by atoms with E-state index < -0.39 is 0 Å². The van der Waals surface area contributed by atoms with Crippen molar-refractivity contribution < 1.29 is 0 Å². The molecule has 0 spiro atoms. The molecule has 4 heteroatoms. The minimum absolute atomic E-state index is 0.583. The van der Waals surface area contributed by atoms with Crippen LogP contribution in [0.4, 0.5) is 5.82 Å². The second-order valence-corrected chi connectivity index (χ2v) is 5.49. The van der Waals surface area contributed by atoms with Crippen molar-refractivity contribution in [3.63, 3.8) is 0 Å². The fourth-order valence-electron chi connectivity index (χ4n) is 2.85. The first-order valence-electron chi connectivity index (χ1n) is 7.51. The van der Waals surface area contributed by atoms with Gasteiger partial charge >= 0.3 is 0 Å². The molecule has 0 unspecified atom stereocenters. The third-order valence-corrected chi connectivity index (χ3v) is 3.92. The quantitative estimate of drug-likeness (QED) is 0.609. The Balaban J connectivity index is 2.02. The average Bonchev–Trinajstić information content (AvgIpc) is 2.93. The Morgan fingerprint density at radius 3 is 2.13 bits per heavy atom. The first-order valence-corrected chi connectivity index (χ1v) is 7.51. The Morgan fingerprint density at radius 2 is 1.48 bits per heavy atom. The Bertz CT molecular complexity index is 973. The minimum Gasteiger partial charge on any atom is -0.384 e. The number of nitrogen functional groups attached to an aromatic ring is 1. The van der Waals surface area contributed by atoms with Gasteiger partial charge in [-0.2, -0.15) is 9.61 Å². The number of nitrogens with zero attached hydrogens (tertiary/aromatic N) is 3. The largest absolute Gasteiger partial charge is 0.384 e. The molecule has 4 nitrogen and oxygen atoms in total. The number of nitrogens with two attached hydrogens (primary N) is 1. The molecular formula is C19H16N4. The molecule has 0 saturated heterocycles. The predicted molar refractivity (Wildman–Crippen MR) is 93.0 cm³/mol. The summed E-state index contributed by atoms with van der Waals surface area (Å²) in [7, 11) is 0. The number of benzene rings is 2. The lowest BCUT2D eigenvalue weighted by atomic mass is 10.1. The van der Waals surface area contributed by atoms with Gasteiger partial charge in [0.05, 0.1) is 11.4 Å². The zero-order valence-electron chi connectivity index (χ0n) is 12.8. The van der Waals surface area contributed by atoms with Gasteiger partial charge < -0.3 is 5.73 Å². The van der Waals surface area contributed by atoms with E-state index in [1.807, 2.05) is 61.5 Å². The van der Waals surface area contributed by atoms with Gasteiger partial charge in [0.15, 0.2) is 5.65 Å². The predicted octanol–water partition coefficient (Wildman–Crippen LogP) is 3.95. The van der Waals surface area contributed by atoms with E-state index >= 15 is 0 Å². The summed E-state index contributed by atoms with van der Waals surface area (Å²) in [6.07, 6.45) is 0. The van der Waals surface area contributed by atoms with Crippen LogP contribution < -0.4 is 5.73 Å². The van der Waals surface area contributed by atoms with Gasteiger partial charge in [-0.25, -0.2) is 4.98 Å². The molecule has 0 fully saturated rings. The smallest absolute Gasteiger partial charge is 0.166 e. The zero-order chi connectivity index (χ0) is 15.8. The highest BCUT2D eigenvalue weighted by atomic mass is 15.3. The fraction of sp³-hybridized carbons (Fsp3) is 0.0526. The van der Waals surface area contributed by atoms with Crippen LogP contribution in [-0.2, 0) is 0 Å². The molecule has 0 radical (unpaired) electrons. The standard InChI is InChI=1S/C19H16N4/c1-13-18(15-10-6-3-7-11-15)19-21-16(12-17(20)23(19)22-13)14-8-4-2-5-9-14/h2-12H,20H2,1H3. The van der Waals surface area contributed by atoms with Crippen LogP contribution >= 0.6 is 0 Å². The highest BCUT2D eigenvalue weighted by Crippen LogP contribution is 2.30. The van der Waals surface area contributed by atoms with Crippen molar-refractivity contribution >= 4 is 11.5 Å². The third kappa shape index (κ3) is 2.25. The molecule has 0 aliphatic rings. The SMILES string of the molecule is Cc1nn2c(N)cc(-c3ccccc3)nc2c1-c1ccccc1. The Kier molecular flexibility index (Phi) is 3.08. The van der Waals surface area contributed by atoms with E-state index in [0.717, 1.165) is 33.7 Å². The lowest BCUT2D eigenvalue weighted by molar-refractivity contribution is 0.930. The Labute approximate surface area is 134 Å². The highest BCUT2D eigenvalue weighted by molar-refractivity contribution is 5.82. The molecule has 0 bridgehead atoms. The lowest BCUT2D eigenvalue weighted by Crippen LogP contribution is -2.01. The van der Waals surface area contributed by atoms with Crippen molar-refractivity contribution in [2.45, 2.75) is 6.92 Å². The molecule has 4 aromatic rings. The van der Waals surface area contributed by atoms with Gasteiger partial charge in [-0.05, 0) is 12.5 Å². The Hall–Kier alpha value is -3.14. The molecule has 112 valence electrons. The highest BCUT2D eigenvalue weighted by Gasteiger charge is 2.15. The summed E-state index contributed by atoms with van der Waals surface area (Å²) < 4.78 is 1.71. The second kappa shape index (κ2) is 5.25. The molecular weight excluding hydrogens is 284 g/mol. The van der Waals surface area contributed by atoms with Crippen LogP contribution in [0.5, 0.6) is 0 Å². The van der Waals surface area contributed by atoms with E-state index in [1.54, 1.807) is 4.52 Å². The van der Waals surface area contributed by atoms with Crippen LogP contribution in [0, 0.1) is 6.92 Å². The second-order valence-electron chi connectivity index (χ2n) is 5.49. The first-order chi connectivity index (χ1) is 11.2. The van der Waals surface area contributed by atoms with E-state index in [2.05, 4.69) is 17.2 Å². The maximum atomic E-state index is 6.22. The molecule has 0 aliphatic heterocycles. The summed E-state index contributed by atoms with van der Waals surface area (Å²) in [5.74, 6) is 0.583. The van der Waals surface area contributed by atoms with Gasteiger partial charge in [0, 0.05) is 17.2 Å². The number of hydrogen-bond donors (Lipinski definition) is 1. The van der Waals surface area contributed by atoms with Crippen molar-refractivity contribution in [1.82, 2.24) is 14.6 Å². The summed E-state index contributed by atoms with van der Waals surface area (Å²) >= 11 is 0. The number of rotatable bonds is 2. The van der Waals surface area contributed by atoms with Crippen LogP contribution in [0.3, 0.4) is 0 Å².